The van der Waals surface area contributed by atoms with E-state index in [0.717, 1.165) is 22.2 Å². The molecule has 0 unspecified atom stereocenters. The van der Waals surface area contributed by atoms with E-state index < -0.39 is 4.92 Å². The molecule has 0 fully saturated rings. The summed E-state index contributed by atoms with van der Waals surface area (Å²) < 4.78 is 6.03. The third kappa shape index (κ3) is 5.65. The Morgan fingerprint density at radius 1 is 0.973 bits per heavy atom. The number of nitrogens with zero attached hydrogens (tertiary/aromatic N) is 2. The van der Waals surface area contributed by atoms with Gasteiger partial charge in [0.05, 0.1) is 4.92 Å². The number of para-hydroxylation sites is 1. The topological polar surface area (TPSA) is 110 Å². The summed E-state index contributed by atoms with van der Waals surface area (Å²) in [6.07, 6.45) is 5.33. The lowest BCUT2D eigenvalue weighted by atomic mass is 9.87. The van der Waals surface area contributed by atoms with Gasteiger partial charge in [-0.1, -0.05) is 30.3 Å². The van der Waals surface area contributed by atoms with Crippen molar-refractivity contribution < 1.29 is 14.5 Å². The smallest absolute Gasteiger partial charge is 0.270 e. The van der Waals surface area contributed by atoms with Crippen molar-refractivity contribution in [1.29, 1.82) is 0 Å². The molecule has 3 aromatic carbocycles. The van der Waals surface area contributed by atoms with Gasteiger partial charge in [0.1, 0.15) is 11.5 Å². The first-order valence-corrected chi connectivity index (χ1v) is 11.8. The number of carbonyl (C=O) groups excluding carboxylic acids is 1. The SMILES string of the molecule is O=C(C[C@@H](c1cccc(Oc2ccccc2)c1)c1c[nH]c2ccc([N+](=O)[O-])cc12)NCc1ccncc1. The zero-order valence-electron chi connectivity index (χ0n) is 19.8. The minimum absolute atomic E-state index is 0.00426. The molecule has 0 saturated heterocycles. The molecule has 1 amide bonds. The number of hydrogen-bond acceptors (Lipinski definition) is 5. The van der Waals surface area contributed by atoms with Crippen molar-refractivity contribution in [3.8, 4) is 11.5 Å². The summed E-state index contributed by atoms with van der Waals surface area (Å²) in [5, 5.41) is 15.1. The van der Waals surface area contributed by atoms with Crippen molar-refractivity contribution in [3.05, 3.63) is 130 Å². The molecule has 184 valence electrons. The van der Waals surface area contributed by atoms with Crippen LogP contribution in [0, 0.1) is 10.1 Å². The molecule has 5 aromatic rings. The van der Waals surface area contributed by atoms with Gasteiger partial charge in [0.15, 0.2) is 0 Å². The summed E-state index contributed by atoms with van der Waals surface area (Å²) in [7, 11) is 0. The van der Waals surface area contributed by atoms with Gasteiger partial charge < -0.3 is 15.0 Å². The van der Waals surface area contributed by atoms with Crippen LogP contribution in [0.15, 0.2) is 104 Å². The molecule has 2 N–H and O–H groups in total. The Balaban J connectivity index is 1.48. The number of non-ortho nitro benzene ring substituents is 1. The van der Waals surface area contributed by atoms with Crippen molar-refractivity contribution in [2.75, 3.05) is 0 Å². The number of rotatable bonds is 9. The summed E-state index contributed by atoms with van der Waals surface area (Å²) in [5.74, 6) is 0.828. The molecule has 37 heavy (non-hydrogen) atoms. The summed E-state index contributed by atoms with van der Waals surface area (Å²) in [6.45, 7) is 0.380. The first kappa shape index (κ1) is 23.7. The molecule has 0 bridgehead atoms. The van der Waals surface area contributed by atoms with Crippen molar-refractivity contribution >= 4 is 22.5 Å². The highest BCUT2D eigenvalue weighted by Gasteiger charge is 2.23. The molecule has 8 nitrogen and oxygen atoms in total. The highest BCUT2D eigenvalue weighted by molar-refractivity contribution is 5.87. The molecule has 0 aliphatic carbocycles. The van der Waals surface area contributed by atoms with Crippen LogP contribution in [0.5, 0.6) is 11.5 Å². The molecular formula is C29H24N4O4. The lowest BCUT2D eigenvalue weighted by Gasteiger charge is -2.18. The Kier molecular flexibility index (Phi) is 6.89. The fourth-order valence-corrected chi connectivity index (χ4v) is 4.32. The Hall–Kier alpha value is -4.98. The lowest BCUT2D eigenvalue weighted by molar-refractivity contribution is -0.384. The largest absolute Gasteiger partial charge is 0.457 e. The minimum atomic E-state index is -0.416. The zero-order valence-corrected chi connectivity index (χ0v) is 19.8. The molecule has 2 heterocycles. The highest BCUT2D eigenvalue weighted by atomic mass is 16.6. The Bertz CT molecular complexity index is 1530. The van der Waals surface area contributed by atoms with Crippen LogP contribution in [0.3, 0.4) is 0 Å². The van der Waals surface area contributed by atoms with Crippen LogP contribution in [-0.2, 0) is 11.3 Å². The maximum atomic E-state index is 13.1. The van der Waals surface area contributed by atoms with Crippen LogP contribution in [0.4, 0.5) is 5.69 Å². The van der Waals surface area contributed by atoms with Crippen LogP contribution in [0.2, 0.25) is 0 Å². The van der Waals surface area contributed by atoms with Gasteiger partial charge in [-0.3, -0.25) is 19.9 Å². The standard InChI is InChI=1S/C29H24N4O4/c34-29(32-18-20-11-13-30-14-12-20)17-25(27-19-31-28-10-9-22(33(35)36)16-26(27)28)21-5-4-8-24(15-21)37-23-6-2-1-3-7-23/h1-16,19,25,31H,17-18H2,(H,32,34)/t25-/m0/s1. The number of hydrogen-bond donors (Lipinski definition) is 2. The van der Waals surface area contributed by atoms with Crippen molar-refractivity contribution in [2.45, 2.75) is 18.9 Å². The van der Waals surface area contributed by atoms with Crippen LogP contribution in [0.1, 0.15) is 29.0 Å². The number of pyridine rings is 1. The first-order chi connectivity index (χ1) is 18.1. The van der Waals surface area contributed by atoms with Crippen LogP contribution in [0.25, 0.3) is 10.9 Å². The molecule has 8 heteroatoms. The van der Waals surface area contributed by atoms with E-state index in [4.69, 9.17) is 4.74 Å². The van der Waals surface area contributed by atoms with E-state index in [9.17, 15) is 14.9 Å². The Labute approximate surface area is 213 Å². The number of aromatic nitrogens is 2. The van der Waals surface area contributed by atoms with Gasteiger partial charge in [0.25, 0.3) is 5.69 Å². The van der Waals surface area contributed by atoms with E-state index in [0.29, 0.717) is 23.4 Å². The number of ether oxygens (including phenoxy) is 1. The van der Waals surface area contributed by atoms with Crippen molar-refractivity contribution in [2.24, 2.45) is 0 Å². The molecule has 0 aliphatic rings. The van der Waals surface area contributed by atoms with Gasteiger partial charge in [-0.2, -0.15) is 0 Å². The van der Waals surface area contributed by atoms with E-state index in [-0.39, 0.29) is 23.9 Å². The molecule has 2 aromatic heterocycles. The molecule has 0 spiro atoms. The second-order valence-electron chi connectivity index (χ2n) is 8.61. The van der Waals surface area contributed by atoms with Gasteiger partial charge in [-0.15, -0.1) is 0 Å². The monoisotopic (exact) mass is 492 g/mol. The van der Waals surface area contributed by atoms with Crippen molar-refractivity contribution in [1.82, 2.24) is 15.3 Å². The van der Waals surface area contributed by atoms with E-state index in [1.54, 1.807) is 24.5 Å². The van der Waals surface area contributed by atoms with E-state index in [1.165, 1.54) is 6.07 Å². The average Bonchev–Trinajstić information content (AvgIpc) is 3.35. The van der Waals surface area contributed by atoms with Crippen LogP contribution >= 0.6 is 0 Å². The molecule has 0 saturated carbocycles. The summed E-state index contributed by atoms with van der Waals surface area (Å²) in [6, 6.07) is 25.4. The fourth-order valence-electron chi connectivity index (χ4n) is 4.32. The number of nitrogens with one attached hydrogen (secondary N) is 2. The lowest BCUT2D eigenvalue weighted by Crippen LogP contribution is -2.25. The summed E-state index contributed by atoms with van der Waals surface area (Å²) in [4.78, 5) is 31.3. The highest BCUT2D eigenvalue weighted by Crippen LogP contribution is 2.36. The minimum Gasteiger partial charge on any atom is -0.457 e. The maximum Gasteiger partial charge on any atom is 0.270 e. The summed E-state index contributed by atoms with van der Waals surface area (Å²) in [5.41, 5.74) is 3.37. The average molecular weight is 493 g/mol. The van der Waals surface area contributed by atoms with Crippen LogP contribution < -0.4 is 10.1 Å². The van der Waals surface area contributed by atoms with E-state index >= 15 is 0 Å². The van der Waals surface area contributed by atoms with Gasteiger partial charge in [-0.05, 0) is 59.2 Å². The molecule has 5 rings (SSSR count). The number of amides is 1. The number of fused-ring (bicyclic) bond motifs is 1. The molecule has 1 atom stereocenters. The quantitative estimate of drug-likeness (QED) is 0.191. The number of benzene rings is 3. The van der Waals surface area contributed by atoms with Gasteiger partial charge in [-0.25, -0.2) is 0 Å². The zero-order chi connectivity index (χ0) is 25.6. The van der Waals surface area contributed by atoms with E-state index in [2.05, 4.69) is 15.3 Å². The maximum absolute atomic E-state index is 13.1. The number of nitro benzene ring substituents is 1. The van der Waals surface area contributed by atoms with Crippen molar-refractivity contribution in [3.63, 3.8) is 0 Å². The Morgan fingerprint density at radius 3 is 2.54 bits per heavy atom. The third-order valence-electron chi connectivity index (χ3n) is 6.15. The molecule has 0 aliphatic heterocycles. The number of carbonyl (C=O) groups is 1. The van der Waals surface area contributed by atoms with Crippen LogP contribution in [-0.4, -0.2) is 20.8 Å². The van der Waals surface area contributed by atoms with Gasteiger partial charge in [0, 0.05) is 60.5 Å². The summed E-state index contributed by atoms with van der Waals surface area (Å²) >= 11 is 0. The van der Waals surface area contributed by atoms with Gasteiger partial charge >= 0.3 is 0 Å². The fraction of sp³-hybridized carbons (Fsp3) is 0.103. The molecular weight excluding hydrogens is 468 g/mol. The normalized spacial score (nSPS) is 11.7. The molecule has 0 radical (unpaired) electrons. The number of H-pyrrole nitrogens is 1. The third-order valence-corrected chi connectivity index (χ3v) is 6.15. The second-order valence-corrected chi connectivity index (χ2v) is 8.61. The predicted molar refractivity (Wildman–Crippen MR) is 140 cm³/mol. The number of nitro groups is 1. The van der Waals surface area contributed by atoms with Gasteiger partial charge in [0.2, 0.25) is 5.91 Å². The van der Waals surface area contributed by atoms with E-state index in [1.807, 2.05) is 72.9 Å². The first-order valence-electron chi connectivity index (χ1n) is 11.8. The predicted octanol–water partition coefficient (Wildman–Crippen LogP) is 6.10. The second kappa shape index (κ2) is 10.7. The Morgan fingerprint density at radius 2 is 1.76 bits per heavy atom. The number of aromatic amines is 1.